The molecule has 0 atom stereocenters. The lowest BCUT2D eigenvalue weighted by Crippen LogP contribution is -2.21. The first kappa shape index (κ1) is 12.7. The minimum Gasteiger partial charge on any atom is -0.366 e. The first-order valence-electron chi connectivity index (χ1n) is 4.97. The smallest absolute Gasteiger partial charge is 0.255 e. The molecular weight excluding hydrogens is 275 g/mol. The molecule has 1 aromatic carbocycles. The van der Waals surface area contributed by atoms with Crippen LogP contribution in [0.5, 0.6) is 0 Å². The van der Waals surface area contributed by atoms with Gasteiger partial charge in [-0.15, -0.1) is 0 Å². The molecule has 2 N–H and O–H groups in total. The molecule has 4 nitrogen and oxygen atoms in total. The van der Waals surface area contributed by atoms with Crippen molar-refractivity contribution >= 4 is 29.1 Å². The standard InChI is InChI=1S/C12H8Cl2N2O2/c13-8-2-3-10(9(14)5-8)16-6-7(12(15)18)1-4-11(16)17/h1-6H,(H2,15,18). The largest absolute Gasteiger partial charge is 0.366 e. The second kappa shape index (κ2) is 4.84. The molecule has 6 heteroatoms. The van der Waals surface area contributed by atoms with Crippen LogP contribution in [-0.2, 0) is 0 Å². The maximum atomic E-state index is 11.8. The second-order valence-corrected chi connectivity index (χ2v) is 4.43. The summed E-state index contributed by atoms with van der Waals surface area (Å²) < 4.78 is 1.25. The summed E-state index contributed by atoms with van der Waals surface area (Å²) >= 11 is 11.8. The fourth-order valence-corrected chi connectivity index (χ4v) is 2.00. The Balaban J connectivity index is 2.66. The van der Waals surface area contributed by atoms with Crippen molar-refractivity contribution < 1.29 is 4.79 Å². The molecule has 0 aliphatic heterocycles. The monoisotopic (exact) mass is 282 g/mol. The number of primary amides is 1. The van der Waals surface area contributed by atoms with Crippen LogP contribution in [0.1, 0.15) is 10.4 Å². The van der Waals surface area contributed by atoms with E-state index >= 15 is 0 Å². The Labute approximate surface area is 113 Å². The van der Waals surface area contributed by atoms with Crippen molar-refractivity contribution in [2.24, 2.45) is 5.73 Å². The summed E-state index contributed by atoms with van der Waals surface area (Å²) in [4.78, 5) is 22.8. The molecule has 0 aliphatic carbocycles. The molecule has 2 rings (SSSR count). The quantitative estimate of drug-likeness (QED) is 0.918. The highest BCUT2D eigenvalue weighted by Gasteiger charge is 2.08. The summed E-state index contributed by atoms with van der Waals surface area (Å²) in [7, 11) is 0. The van der Waals surface area contributed by atoms with Crippen LogP contribution in [0.15, 0.2) is 41.3 Å². The third-order valence-corrected chi connectivity index (χ3v) is 2.90. The summed E-state index contributed by atoms with van der Waals surface area (Å²) in [5.74, 6) is -0.617. The molecule has 0 saturated carbocycles. The van der Waals surface area contributed by atoms with Gasteiger partial charge in [0.05, 0.1) is 16.3 Å². The number of halogens is 2. The number of aromatic nitrogens is 1. The van der Waals surface area contributed by atoms with Gasteiger partial charge < -0.3 is 5.73 Å². The van der Waals surface area contributed by atoms with Gasteiger partial charge >= 0.3 is 0 Å². The molecule has 0 bridgehead atoms. The molecule has 0 fully saturated rings. The van der Waals surface area contributed by atoms with Crippen molar-refractivity contribution in [1.29, 1.82) is 0 Å². The Morgan fingerprint density at radius 2 is 1.89 bits per heavy atom. The lowest BCUT2D eigenvalue weighted by atomic mass is 10.2. The van der Waals surface area contributed by atoms with Gasteiger partial charge in [0, 0.05) is 17.3 Å². The average Bonchev–Trinajstić information content (AvgIpc) is 2.30. The molecule has 1 aromatic heterocycles. The number of rotatable bonds is 2. The summed E-state index contributed by atoms with van der Waals surface area (Å²) in [5, 5.41) is 0.772. The van der Waals surface area contributed by atoms with Crippen molar-refractivity contribution in [3.63, 3.8) is 0 Å². The van der Waals surface area contributed by atoms with E-state index in [0.29, 0.717) is 15.7 Å². The Bertz CT molecular complexity index is 680. The van der Waals surface area contributed by atoms with Gasteiger partial charge in [0.15, 0.2) is 0 Å². The molecule has 1 amide bonds. The molecule has 0 aliphatic rings. The van der Waals surface area contributed by atoms with Gasteiger partial charge in [-0.25, -0.2) is 0 Å². The molecule has 0 radical (unpaired) electrons. The molecule has 1 heterocycles. The maximum Gasteiger partial charge on any atom is 0.255 e. The number of carbonyl (C=O) groups excluding carboxylic acids is 1. The van der Waals surface area contributed by atoms with E-state index < -0.39 is 5.91 Å². The number of hydrogen-bond acceptors (Lipinski definition) is 2. The topological polar surface area (TPSA) is 65.1 Å². The van der Waals surface area contributed by atoms with Crippen LogP contribution in [0.3, 0.4) is 0 Å². The summed E-state index contributed by atoms with van der Waals surface area (Å²) in [6.45, 7) is 0. The highest BCUT2D eigenvalue weighted by Crippen LogP contribution is 2.23. The van der Waals surface area contributed by atoms with E-state index in [2.05, 4.69) is 0 Å². The zero-order valence-corrected chi connectivity index (χ0v) is 10.6. The minimum atomic E-state index is -0.617. The Kier molecular flexibility index (Phi) is 3.41. The van der Waals surface area contributed by atoms with E-state index in [4.69, 9.17) is 28.9 Å². The Hall–Kier alpha value is -1.78. The van der Waals surface area contributed by atoms with Gasteiger partial charge in [-0.05, 0) is 24.3 Å². The zero-order chi connectivity index (χ0) is 13.3. The van der Waals surface area contributed by atoms with Crippen molar-refractivity contribution in [2.45, 2.75) is 0 Å². The summed E-state index contributed by atoms with van der Waals surface area (Å²) in [6.07, 6.45) is 1.35. The third kappa shape index (κ3) is 2.39. The number of hydrogen-bond donors (Lipinski definition) is 1. The molecule has 18 heavy (non-hydrogen) atoms. The summed E-state index contributed by atoms with van der Waals surface area (Å²) in [6, 6.07) is 7.33. The lowest BCUT2D eigenvalue weighted by Gasteiger charge is -2.09. The van der Waals surface area contributed by atoms with E-state index in [1.807, 2.05) is 0 Å². The predicted octanol–water partition coefficient (Wildman–Crippen LogP) is 2.24. The van der Waals surface area contributed by atoms with E-state index in [1.165, 1.54) is 29.0 Å². The molecule has 0 saturated heterocycles. The highest BCUT2D eigenvalue weighted by molar-refractivity contribution is 6.35. The number of nitrogens with two attached hydrogens (primary N) is 1. The van der Waals surface area contributed by atoms with Gasteiger partial charge in [-0.2, -0.15) is 0 Å². The van der Waals surface area contributed by atoms with Crippen LogP contribution in [0, 0.1) is 0 Å². The SMILES string of the molecule is NC(=O)c1ccc(=O)n(-c2ccc(Cl)cc2Cl)c1. The average molecular weight is 283 g/mol. The maximum absolute atomic E-state index is 11.8. The normalized spacial score (nSPS) is 10.3. The van der Waals surface area contributed by atoms with E-state index in [1.54, 1.807) is 12.1 Å². The van der Waals surface area contributed by atoms with Crippen LogP contribution in [0.2, 0.25) is 10.0 Å². The number of benzene rings is 1. The molecule has 0 spiro atoms. The fourth-order valence-electron chi connectivity index (χ4n) is 1.50. The second-order valence-electron chi connectivity index (χ2n) is 3.59. The van der Waals surface area contributed by atoms with Crippen molar-refractivity contribution in [3.05, 3.63) is 62.5 Å². The lowest BCUT2D eigenvalue weighted by molar-refractivity contribution is 0.0999. The molecule has 0 unspecified atom stereocenters. The predicted molar refractivity (Wildman–Crippen MR) is 70.6 cm³/mol. The van der Waals surface area contributed by atoms with E-state index in [-0.39, 0.29) is 11.1 Å². The van der Waals surface area contributed by atoms with E-state index in [9.17, 15) is 9.59 Å². The first-order valence-corrected chi connectivity index (χ1v) is 5.72. The minimum absolute atomic E-state index is 0.223. The number of carbonyl (C=O) groups is 1. The van der Waals surface area contributed by atoms with Gasteiger partial charge in [0.25, 0.3) is 5.56 Å². The van der Waals surface area contributed by atoms with Gasteiger partial charge in [-0.3, -0.25) is 14.2 Å². The number of amides is 1. The Morgan fingerprint density at radius 1 is 1.17 bits per heavy atom. The van der Waals surface area contributed by atoms with Crippen LogP contribution in [-0.4, -0.2) is 10.5 Å². The number of nitrogens with zero attached hydrogens (tertiary/aromatic N) is 1. The van der Waals surface area contributed by atoms with Crippen LogP contribution in [0.25, 0.3) is 5.69 Å². The van der Waals surface area contributed by atoms with Crippen molar-refractivity contribution in [2.75, 3.05) is 0 Å². The van der Waals surface area contributed by atoms with Crippen molar-refractivity contribution in [1.82, 2.24) is 4.57 Å². The number of pyridine rings is 1. The van der Waals surface area contributed by atoms with Crippen LogP contribution < -0.4 is 11.3 Å². The van der Waals surface area contributed by atoms with Gasteiger partial charge in [0.1, 0.15) is 0 Å². The third-order valence-electron chi connectivity index (χ3n) is 2.36. The summed E-state index contributed by atoms with van der Waals surface area (Å²) in [5.41, 5.74) is 5.51. The zero-order valence-electron chi connectivity index (χ0n) is 9.06. The van der Waals surface area contributed by atoms with E-state index in [0.717, 1.165) is 0 Å². The van der Waals surface area contributed by atoms with Gasteiger partial charge in [-0.1, -0.05) is 23.2 Å². The van der Waals surface area contributed by atoms with Crippen LogP contribution in [0.4, 0.5) is 0 Å². The highest BCUT2D eigenvalue weighted by atomic mass is 35.5. The molecule has 92 valence electrons. The van der Waals surface area contributed by atoms with Gasteiger partial charge in [0.2, 0.25) is 5.91 Å². The van der Waals surface area contributed by atoms with Crippen LogP contribution >= 0.6 is 23.2 Å². The molecular formula is C12H8Cl2N2O2. The fraction of sp³-hybridized carbons (Fsp3) is 0. The molecule has 2 aromatic rings. The van der Waals surface area contributed by atoms with Crippen molar-refractivity contribution in [3.8, 4) is 5.69 Å². The Morgan fingerprint density at radius 3 is 2.50 bits per heavy atom. The first-order chi connectivity index (χ1) is 8.49.